The fourth-order valence-electron chi connectivity index (χ4n) is 3.59. The summed E-state index contributed by atoms with van der Waals surface area (Å²) < 4.78 is 0. The van der Waals surface area contributed by atoms with E-state index in [2.05, 4.69) is 22.8 Å². The van der Waals surface area contributed by atoms with Gasteiger partial charge >= 0.3 is 0 Å². The van der Waals surface area contributed by atoms with E-state index in [0.29, 0.717) is 19.4 Å². The van der Waals surface area contributed by atoms with Gasteiger partial charge in [0.15, 0.2) is 0 Å². The van der Waals surface area contributed by atoms with Crippen LogP contribution in [0.25, 0.3) is 0 Å². The van der Waals surface area contributed by atoms with Crippen molar-refractivity contribution in [3.63, 3.8) is 0 Å². The number of carbonyl (C=O) groups excluding carboxylic acids is 1. The Morgan fingerprint density at radius 1 is 1.19 bits per heavy atom. The summed E-state index contributed by atoms with van der Waals surface area (Å²) in [6.07, 6.45) is 3.11. The highest BCUT2D eigenvalue weighted by Gasteiger charge is 2.47. The maximum absolute atomic E-state index is 13.0. The Kier molecular flexibility index (Phi) is 5.73. The summed E-state index contributed by atoms with van der Waals surface area (Å²) in [5, 5.41) is 16.1. The SMILES string of the molecule is CC(C)=CC[C@@]1(CC(C#N)NCc2ccccc2)C(=O)Nc2ccccc21. The smallest absolute Gasteiger partial charge is 0.235 e. The quantitative estimate of drug-likeness (QED) is 0.724. The lowest BCUT2D eigenvalue weighted by molar-refractivity contribution is -0.121. The molecule has 1 unspecified atom stereocenters. The van der Waals surface area contributed by atoms with E-state index in [4.69, 9.17) is 0 Å². The minimum absolute atomic E-state index is 0.0250. The molecule has 1 aliphatic rings. The molecule has 0 saturated carbocycles. The summed E-state index contributed by atoms with van der Waals surface area (Å²) in [7, 11) is 0. The molecule has 2 N–H and O–H groups in total. The summed E-state index contributed by atoms with van der Waals surface area (Å²) in [5.74, 6) is -0.0250. The van der Waals surface area contributed by atoms with Gasteiger partial charge in [-0.2, -0.15) is 5.26 Å². The van der Waals surface area contributed by atoms with Gasteiger partial charge in [0.1, 0.15) is 0 Å². The molecule has 4 nitrogen and oxygen atoms in total. The fourth-order valence-corrected chi connectivity index (χ4v) is 3.59. The normalized spacial score (nSPS) is 18.9. The molecule has 4 heteroatoms. The molecule has 0 fully saturated rings. The minimum atomic E-state index is -0.724. The fraction of sp³-hybridized carbons (Fsp3) is 0.304. The van der Waals surface area contributed by atoms with Crippen molar-refractivity contribution in [3.8, 4) is 6.07 Å². The Bertz CT molecular complexity index is 878. The average molecular weight is 359 g/mol. The minimum Gasteiger partial charge on any atom is -0.325 e. The van der Waals surface area contributed by atoms with Gasteiger partial charge in [-0.25, -0.2) is 0 Å². The molecule has 1 heterocycles. The van der Waals surface area contributed by atoms with Gasteiger partial charge < -0.3 is 5.32 Å². The number of hydrogen-bond donors (Lipinski definition) is 2. The van der Waals surface area contributed by atoms with E-state index < -0.39 is 11.5 Å². The van der Waals surface area contributed by atoms with Crippen LogP contribution in [0.4, 0.5) is 5.69 Å². The molecule has 138 valence electrons. The third kappa shape index (κ3) is 4.10. The first-order chi connectivity index (χ1) is 13.0. The van der Waals surface area contributed by atoms with Crippen molar-refractivity contribution >= 4 is 11.6 Å². The Morgan fingerprint density at radius 2 is 1.89 bits per heavy atom. The van der Waals surface area contributed by atoms with Crippen LogP contribution in [0.5, 0.6) is 0 Å². The third-order valence-electron chi connectivity index (χ3n) is 5.09. The first-order valence-electron chi connectivity index (χ1n) is 9.26. The van der Waals surface area contributed by atoms with Gasteiger partial charge in [-0.1, -0.05) is 60.2 Å². The number of anilines is 1. The second-order valence-electron chi connectivity index (χ2n) is 7.32. The molecule has 27 heavy (non-hydrogen) atoms. The van der Waals surface area contributed by atoms with Crippen molar-refractivity contribution in [2.75, 3.05) is 5.32 Å². The van der Waals surface area contributed by atoms with Crippen molar-refractivity contribution in [2.45, 2.75) is 44.7 Å². The predicted molar refractivity (Wildman–Crippen MR) is 108 cm³/mol. The third-order valence-corrected chi connectivity index (χ3v) is 5.09. The van der Waals surface area contributed by atoms with Crippen LogP contribution in [0.2, 0.25) is 0 Å². The van der Waals surface area contributed by atoms with Gasteiger partial charge in [0.25, 0.3) is 0 Å². The molecule has 2 aromatic rings. The highest BCUT2D eigenvalue weighted by molar-refractivity contribution is 6.06. The van der Waals surface area contributed by atoms with Crippen LogP contribution in [-0.4, -0.2) is 11.9 Å². The van der Waals surface area contributed by atoms with Crippen LogP contribution < -0.4 is 10.6 Å². The monoisotopic (exact) mass is 359 g/mol. The summed E-state index contributed by atoms with van der Waals surface area (Å²) in [5.41, 5.74) is 3.39. The molecule has 0 aromatic heterocycles. The number of nitrogens with one attached hydrogen (secondary N) is 2. The van der Waals surface area contributed by atoms with Crippen LogP contribution in [-0.2, 0) is 16.8 Å². The van der Waals surface area contributed by atoms with Gasteiger partial charge in [-0.15, -0.1) is 0 Å². The number of fused-ring (bicyclic) bond motifs is 1. The van der Waals surface area contributed by atoms with E-state index >= 15 is 0 Å². The highest BCUT2D eigenvalue weighted by Crippen LogP contribution is 2.44. The maximum atomic E-state index is 13.0. The van der Waals surface area contributed by atoms with E-state index in [9.17, 15) is 10.1 Å². The number of rotatable bonds is 7. The van der Waals surface area contributed by atoms with E-state index in [1.165, 1.54) is 0 Å². The number of allylic oxidation sites excluding steroid dienone is 2. The van der Waals surface area contributed by atoms with E-state index in [1.807, 2.05) is 68.4 Å². The molecule has 0 radical (unpaired) electrons. The summed E-state index contributed by atoms with van der Waals surface area (Å²) in [6.45, 7) is 4.66. The van der Waals surface area contributed by atoms with Crippen molar-refractivity contribution in [1.29, 1.82) is 5.26 Å². The van der Waals surface area contributed by atoms with E-state index in [1.54, 1.807) is 0 Å². The molecule has 0 saturated heterocycles. The molecule has 3 rings (SSSR count). The van der Waals surface area contributed by atoms with Crippen molar-refractivity contribution < 1.29 is 4.79 Å². The summed E-state index contributed by atoms with van der Waals surface area (Å²) in [4.78, 5) is 13.0. The van der Waals surface area contributed by atoms with Gasteiger partial charge in [0, 0.05) is 12.2 Å². The lowest BCUT2D eigenvalue weighted by Gasteiger charge is -2.29. The van der Waals surface area contributed by atoms with E-state index in [-0.39, 0.29) is 5.91 Å². The first kappa shape index (κ1) is 18.9. The van der Waals surface area contributed by atoms with Crippen LogP contribution >= 0.6 is 0 Å². The first-order valence-corrected chi connectivity index (χ1v) is 9.26. The van der Waals surface area contributed by atoms with Crippen molar-refractivity contribution in [1.82, 2.24) is 5.32 Å². The number of nitrogens with zero attached hydrogens (tertiary/aromatic N) is 1. The summed E-state index contributed by atoms with van der Waals surface area (Å²) >= 11 is 0. The van der Waals surface area contributed by atoms with Crippen LogP contribution in [0.1, 0.15) is 37.8 Å². The number of carbonyl (C=O) groups is 1. The van der Waals surface area contributed by atoms with E-state index in [0.717, 1.165) is 22.4 Å². The number of amides is 1. The molecular weight excluding hydrogens is 334 g/mol. The maximum Gasteiger partial charge on any atom is 0.235 e. The van der Waals surface area contributed by atoms with Crippen molar-refractivity contribution in [3.05, 3.63) is 77.4 Å². The number of hydrogen-bond acceptors (Lipinski definition) is 3. The molecule has 0 spiro atoms. The topological polar surface area (TPSA) is 64.9 Å². The van der Waals surface area contributed by atoms with Gasteiger partial charge in [0.05, 0.1) is 17.5 Å². The Morgan fingerprint density at radius 3 is 2.59 bits per heavy atom. The lowest BCUT2D eigenvalue weighted by Crippen LogP contribution is -2.41. The zero-order chi connectivity index (χ0) is 19.3. The Hall–Kier alpha value is -2.90. The van der Waals surface area contributed by atoms with Crippen LogP contribution in [0.15, 0.2) is 66.2 Å². The molecule has 1 aliphatic heterocycles. The molecule has 1 amide bonds. The molecule has 0 bridgehead atoms. The largest absolute Gasteiger partial charge is 0.325 e. The standard InChI is InChI=1S/C23H25N3O/c1-17(2)12-13-23(20-10-6-7-11-21(20)26-22(23)27)14-19(15-24)25-16-18-8-4-3-5-9-18/h3-12,19,25H,13-14,16H2,1-2H3,(H,26,27)/t19?,23-/m0/s1. The molecular formula is C23H25N3O. The molecule has 2 aromatic carbocycles. The van der Waals surface area contributed by atoms with Gasteiger partial charge in [0.2, 0.25) is 5.91 Å². The molecule has 0 aliphatic carbocycles. The molecule has 2 atom stereocenters. The zero-order valence-electron chi connectivity index (χ0n) is 15.8. The lowest BCUT2D eigenvalue weighted by atomic mass is 9.73. The van der Waals surface area contributed by atoms with Crippen molar-refractivity contribution in [2.24, 2.45) is 0 Å². The number of benzene rings is 2. The highest BCUT2D eigenvalue weighted by atomic mass is 16.2. The second kappa shape index (κ2) is 8.20. The average Bonchev–Trinajstić information content (AvgIpc) is 2.96. The number of para-hydroxylation sites is 1. The van der Waals surface area contributed by atoms with Gasteiger partial charge in [-0.05, 0) is 43.9 Å². The predicted octanol–water partition coefficient (Wildman–Crippen LogP) is 4.30. The Balaban J connectivity index is 1.86. The van der Waals surface area contributed by atoms with Crippen LogP contribution in [0.3, 0.4) is 0 Å². The zero-order valence-corrected chi connectivity index (χ0v) is 15.8. The summed E-state index contributed by atoms with van der Waals surface area (Å²) in [6, 6.07) is 19.7. The van der Waals surface area contributed by atoms with Gasteiger partial charge in [-0.3, -0.25) is 10.1 Å². The number of nitriles is 1. The Labute approximate surface area is 160 Å². The van der Waals surface area contributed by atoms with Crippen LogP contribution in [0, 0.1) is 11.3 Å². The second-order valence-corrected chi connectivity index (χ2v) is 7.32.